The van der Waals surface area contributed by atoms with Crippen LogP contribution in [-0.4, -0.2) is 75.3 Å². The van der Waals surface area contributed by atoms with Crippen LogP contribution < -0.4 is 0 Å². The highest BCUT2D eigenvalue weighted by Crippen LogP contribution is 2.30. The third-order valence-corrected chi connectivity index (χ3v) is 6.45. The van der Waals surface area contributed by atoms with Gasteiger partial charge in [-0.15, -0.1) is 0 Å². The van der Waals surface area contributed by atoms with Crippen molar-refractivity contribution in [1.29, 1.82) is 0 Å². The summed E-state index contributed by atoms with van der Waals surface area (Å²) in [5, 5.41) is -0.322. The number of hydrogen-bond acceptors (Lipinski definition) is 5. The fraction of sp³-hybridized carbons (Fsp3) is 0.929. The molecule has 3 unspecified atom stereocenters. The van der Waals surface area contributed by atoms with E-state index in [0.717, 1.165) is 32.5 Å². The molecule has 2 fully saturated rings. The summed E-state index contributed by atoms with van der Waals surface area (Å²) in [5.41, 5.74) is 0. The molecule has 0 amide bonds. The Bertz CT molecular complexity index is 463. The van der Waals surface area contributed by atoms with Gasteiger partial charge < -0.3 is 4.90 Å². The molecule has 1 saturated carbocycles. The Morgan fingerprint density at radius 2 is 1.85 bits per heavy atom. The second-order valence-corrected chi connectivity index (χ2v) is 8.80. The van der Waals surface area contributed by atoms with Gasteiger partial charge in [-0.05, 0) is 33.4 Å². The van der Waals surface area contributed by atoms with Crippen molar-refractivity contribution >= 4 is 15.6 Å². The fourth-order valence-corrected chi connectivity index (χ4v) is 4.56. The lowest BCUT2D eigenvalue weighted by atomic mass is 9.82. The number of nitrogens with zero attached hydrogens (tertiary/aromatic N) is 2. The zero-order valence-corrected chi connectivity index (χ0v) is 13.5. The Balaban J connectivity index is 2.04. The predicted molar refractivity (Wildman–Crippen MR) is 79.5 cm³/mol. The summed E-state index contributed by atoms with van der Waals surface area (Å²) in [7, 11) is 1.00. The van der Waals surface area contributed by atoms with Crippen LogP contribution >= 0.6 is 0 Å². The monoisotopic (exact) mass is 302 g/mol. The van der Waals surface area contributed by atoms with E-state index in [1.54, 1.807) is 0 Å². The van der Waals surface area contributed by atoms with Gasteiger partial charge in [0.25, 0.3) is 0 Å². The number of hydrogen-bond donors (Lipinski definition) is 0. The Morgan fingerprint density at radius 3 is 2.50 bits per heavy atom. The van der Waals surface area contributed by atoms with Crippen molar-refractivity contribution in [3.63, 3.8) is 0 Å². The zero-order chi connectivity index (χ0) is 14.9. The molecule has 2 aliphatic rings. The highest BCUT2D eigenvalue weighted by atomic mass is 32.2. The number of rotatable bonds is 3. The highest BCUT2D eigenvalue weighted by Gasteiger charge is 2.37. The van der Waals surface area contributed by atoms with Crippen molar-refractivity contribution < 1.29 is 13.2 Å². The first kappa shape index (κ1) is 15.9. The van der Waals surface area contributed by atoms with Gasteiger partial charge in [-0.25, -0.2) is 8.42 Å². The van der Waals surface area contributed by atoms with E-state index in [-0.39, 0.29) is 23.0 Å². The number of carbonyl (C=O) groups excluding carboxylic acids is 1. The molecule has 2 rings (SSSR count). The first-order chi connectivity index (χ1) is 9.29. The van der Waals surface area contributed by atoms with Crippen molar-refractivity contribution in [3.8, 4) is 0 Å². The quantitative estimate of drug-likeness (QED) is 0.755. The molecule has 0 N–H and O–H groups in total. The molecule has 1 aliphatic heterocycles. The Hall–Kier alpha value is -0.460. The van der Waals surface area contributed by atoms with Gasteiger partial charge in [-0.1, -0.05) is 6.42 Å². The molecule has 116 valence electrons. The number of carbonyl (C=O) groups is 1. The smallest absolute Gasteiger partial charge is 0.154 e. The number of piperazine rings is 1. The average molecular weight is 302 g/mol. The average Bonchev–Trinajstić information content (AvgIpc) is 2.40. The summed E-state index contributed by atoms with van der Waals surface area (Å²) in [5.74, 6) is 0.162. The van der Waals surface area contributed by atoms with Crippen molar-refractivity contribution in [2.24, 2.45) is 5.92 Å². The van der Waals surface area contributed by atoms with E-state index in [1.807, 2.05) is 14.1 Å². The van der Waals surface area contributed by atoms with Crippen LogP contribution in [0.25, 0.3) is 0 Å². The molecule has 20 heavy (non-hydrogen) atoms. The summed E-state index contributed by atoms with van der Waals surface area (Å²) < 4.78 is 23.4. The van der Waals surface area contributed by atoms with Gasteiger partial charge in [0.2, 0.25) is 0 Å². The van der Waals surface area contributed by atoms with Gasteiger partial charge in [0.1, 0.15) is 9.84 Å². The molecular weight excluding hydrogens is 276 g/mol. The number of sulfone groups is 1. The largest absolute Gasteiger partial charge is 0.303 e. The summed E-state index contributed by atoms with van der Waals surface area (Å²) >= 11 is 0. The Morgan fingerprint density at radius 1 is 1.15 bits per heavy atom. The van der Waals surface area contributed by atoms with Gasteiger partial charge in [-0.2, -0.15) is 0 Å². The lowest BCUT2D eigenvalue weighted by molar-refractivity contribution is -0.130. The van der Waals surface area contributed by atoms with E-state index in [0.29, 0.717) is 12.8 Å². The van der Waals surface area contributed by atoms with Crippen LogP contribution in [0.4, 0.5) is 0 Å². The number of ketones is 1. The Kier molecular flexibility index (Phi) is 4.87. The Labute approximate surface area is 122 Å². The third kappa shape index (κ3) is 3.59. The van der Waals surface area contributed by atoms with E-state index in [9.17, 15) is 13.2 Å². The maximum atomic E-state index is 12.7. The lowest BCUT2D eigenvalue weighted by Gasteiger charge is -2.39. The predicted octanol–water partition coefficient (Wildman–Crippen LogP) is 0.405. The van der Waals surface area contributed by atoms with E-state index in [1.165, 1.54) is 6.26 Å². The van der Waals surface area contributed by atoms with Crippen LogP contribution in [0.2, 0.25) is 0 Å². The lowest BCUT2D eigenvalue weighted by Crippen LogP contribution is -2.55. The minimum Gasteiger partial charge on any atom is -0.303 e. The van der Waals surface area contributed by atoms with E-state index in [2.05, 4.69) is 9.80 Å². The van der Waals surface area contributed by atoms with Gasteiger partial charge >= 0.3 is 0 Å². The summed E-state index contributed by atoms with van der Waals surface area (Å²) in [6.07, 6.45) is 4.22. The molecule has 0 aromatic carbocycles. The van der Waals surface area contributed by atoms with E-state index >= 15 is 0 Å². The standard InChI is InChI=1S/C14H26N2O3S/c1-15-7-8-16(2)13(10-15)14(17)11-5-4-6-12(9-11)20(3,18)19/h11-13H,4-10H2,1-3H3. The minimum absolute atomic E-state index is 0.0722. The molecule has 0 spiro atoms. The normalized spacial score (nSPS) is 34.0. The molecule has 0 aromatic rings. The van der Waals surface area contributed by atoms with Gasteiger partial charge in [0.05, 0.1) is 11.3 Å². The number of likely N-dealkylation sites (N-methyl/N-ethyl adjacent to an activating group) is 2. The number of Topliss-reactive ketones (excluding diaryl/α,β-unsaturated/α-hetero) is 1. The first-order valence-corrected chi connectivity index (χ1v) is 9.36. The molecule has 1 heterocycles. The van der Waals surface area contributed by atoms with Crippen molar-refractivity contribution in [2.45, 2.75) is 37.0 Å². The van der Waals surface area contributed by atoms with Gasteiger partial charge in [0, 0.05) is 31.8 Å². The topological polar surface area (TPSA) is 57.7 Å². The fourth-order valence-electron chi connectivity index (χ4n) is 3.38. The van der Waals surface area contributed by atoms with E-state index in [4.69, 9.17) is 0 Å². The van der Waals surface area contributed by atoms with Crippen LogP contribution in [0.3, 0.4) is 0 Å². The molecule has 3 atom stereocenters. The van der Waals surface area contributed by atoms with Crippen LogP contribution in [0.5, 0.6) is 0 Å². The molecule has 0 bridgehead atoms. The highest BCUT2D eigenvalue weighted by molar-refractivity contribution is 7.91. The maximum Gasteiger partial charge on any atom is 0.154 e. The van der Waals surface area contributed by atoms with Crippen LogP contribution in [-0.2, 0) is 14.6 Å². The molecule has 0 radical (unpaired) electrons. The molecule has 1 aliphatic carbocycles. The van der Waals surface area contributed by atoms with Gasteiger partial charge in [0.15, 0.2) is 5.78 Å². The minimum atomic E-state index is -3.02. The van der Waals surface area contributed by atoms with Crippen LogP contribution in [0.15, 0.2) is 0 Å². The summed E-state index contributed by atoms with van der Waals surface area (Å²) in [4.78, 5) is 17.0. The van der Waals surface area contributed by atoms with Crippen molar-refractivity contribution in [1.82, 2.24) is 9.80 Å². The second kappa shape index (κ2) is 6.12. The SMILES string of the molecule is CN1CCN(C)C(C(=O)C2CCCC(S(C)(=O)=O)C2)C1. The molecule has 5 nitrogen and oxygen atoms in total. The van der Waals surface area contributed by atoms with Crippen LogP contribution in [0, 0.1) is 5.92 Å². The molecular formula is C14H26N2O3S. The maximum absolute atomic E-state index is 12.7. The summed E-state index contributed by atoms with van der Waals surface area (Å²) in [6, 6.07) is -0.0722. The molecule has 1 saturated heterocycles. The van der Waals surface area contributed by atoms with E-state index < -0.39 is 9.84 Å². The van der Waals surface area contributed by atoms with Crippen molar-refractivity contribution in [2.75, 3.05) is 40.0 Å². The van der Waals surface area contributed by atoms with Crippen molar-refractivity contribution in [3.05, 3.63) is 0 Å². The zero-order valence-electron chi connectivity index (χ0n) is 12.7. The van der Waals surface area contributed by atoms with Crippen LogP contribution in [0.1, 0.15) is 25.7 Å². The van der Waals surface area contributed by atoms with Gasteiger partial charge in [-0.3, -0.25) is 9.69 Å². The second-order valence-electron chi connectivity index (χ2n) is 6.48. The molecule has 6 heteroatoms. The summed E-state index contributed by atoms with van der Waals surface area (Å²) in [6.45, 7) is 2.64. The molecule has 0 aromatic heterocycles. The third-order valence-electron chi connectivity index (χ3n) is 4.81. The first-order valence-electron chi connectivity index (χ1n) is 7.40.